The summed E-state index contributed by atoms with van der Waals surface area (Å²) in [4.78, 5) is 0. The van der Waals surface area contributed by atoms with Crippen molar-refractivity contribution < 1.29 is 40.8 Å². The first-order chi connectivity index (χ1) is 2.77. The van der Waals surface area contributed by atoms with Crippen LogP contribution < -0.4 is 0 Å². The molecule has 0 fully saturated rings. The van der Waals surface area contributed by atoms with Crippen molar-refractivity contribution in [2.45, 2.75) is 13.8 Å². The van der Waals surface area contributed by atoms with Gasteiger partial charge in [0.2, 0.25) is 0 Å². The van der Waals surface area contributed by atoms with Crippen LogP contribution in [0.5, 0.6) is 0 Å². The third-order valence-corrected chi connectivity index (χ3v) is 1.05. The molecule has 0 aromatic heterocycles. The molecule has 0 aromatic rings. The van der Waals surface area contributed by atoms with Gasteiger partial charge in [0.05, 0.1) is 0 Å². The Morgan fingerprint density at radius 2 is 2.17 bits per heavy atom. The topological polar surface area (TPSA) is 9.23 Å². The molecule has 0 amide bonds. The molecule has 0 aliphatic heterocycles. The number of rotatable bonds is 2. The summed E-state index contributed by atoms with van der Waals surface area (Å²) >= 11 is 0.720. The van der Waals surface area contributed by atoms with Gasteiger partial charge in [-0.25, -0.2) is 0 Å². The molecular weight excluding hydrogens is 205 g/mol. The molecule has 0 spiro atoms. The van der Waals surface area contributed by atoms with Crippen LogP contribution in [-0.2, 0) is 1.01 Å². The predicted molar refractivity (Wildman–Crippen MR) is 20.8 cm³/mol. The maximum atomic E-state index is 4.97. The SMILES string of the molecule is CC(C)C[O][Pr]. The summed E-state index contributed by atoms with van der Waals surface area (Å²) in [5.41, 5.74) is 0. The number of hydrogen-bond donors (Lipinski definition) is 0. The van der Waals surface area contributed by atoms with Gasteiger partial charge in [-0.3, -0.25) is 0 Å². The molecule has 0 atom stereocenters. The Morgan fingerprint density at radius 3 is 2.17 bits per heavy atom. The minimum absolute atomic E-state index is 0.718. The van der Waals surface area contributed by atoms with Gasteiger partial charge in [0.1, 0.15) is 0 Å². The standard InChI is InChI=1S/C4H9O.Pr/c1-4(2)3-5;/h4H,3H2,1-2H3;/q-1;+1. The van der Waals surface area contributed by atoms with E-state index in [1.807, 2.05) is 0 Å². The molecule has 0 bridgehead atoms. The predicted octanol–water partition coefficient (Wildman–Crippen LogP) is 1.12. The quantitative estimate of drug-likeness (QED) is 0.669. The van der Waals surface area contributed by atoms with Crippen molar-refractivity contribution in [2.75, 3.05) is 6.61 Å². The van der Waals surface area contributed by atoms with Crippen LogP contribution in [0.3, 0.4) is 0 Å². The molecule has 0 aliphatic carbocycles. The van der Waals surface area contributed by atoms with E-state index in [1.165, 1.54) is 0 Å². The Bertz CT molecular complexity index is 28.7. The fourth-order valence-corrected chi connectivity index (χ4v) is 1.43. The van der Waals surface area contributed by atoms with Gasteiger partial charge in [-0.1, -0.05) is 0 Å². The van der Waals surface area contributed by atoms with Crippen molar-refractivity contribution in [1.29, 1.82) is 0 Å². The normalized spacial score (nSPS) is 9.67. The summed E-state index contributed by atoms with van der Waals surface area (Å²) in [6.45, 7) is 5.26. The summed E-state index contributed by atoms with van der Waals surface area (Å²) < 4.78 is 4.97. The Labute approximate surface area is 66.5 Å². The third kappa shape index (κ3) is 5.32. The summed E-state index contributed by atoms with van der Waals surface area (Å²) in [6, 6.07) is 0. The molecule has 6 heavy (non-hydrogen) atoms. The van der Waals surface area contributed by atoms with E-state index < -0.39 is 0 Å². The molecule has 34 valence electrons. The fraction of sp³-hybridized carbons (Fsp3) is 1.00. The molecular formula is C4H9OPr. The molecule has 1 nitrogen and oxygen atoms in total. The van der Waals surface area contributed by atoms with Crippen molar-refractivity contribution >= 4 is 0 Å². The second kappa shape index (κ2) is 4.48. The zero-order valence-corrected chi connectivity index (χ0v) is 7.97. The maximum absolute atomic E-state index is 4.97. The molecule has 2 heteroatoms. The van der Waals surface area contributed by atoms with Crippen LogP contribution in [-0.4, -0.2) is 6.61 Å². The first kappa shape index (κ1) is 7.32. The van der Waals surface area contributed by atoms with Gasteiger partial charge in [-0.2, -0.15) is 0 Å². The van der Waals surface area contributed by atoms with Crippen molar-refractivity contribution in [1.82, 2.24) is 0 Å². The van der Waals surface area contributed by atoms with Crippen LogP contribution in [0.4, 0.5) is 0 Å². The molecule has 0 rings (SSSR count). The van der Waals surface area contributed by atoms with E-state index in [0.717, 1.165) is 52.3 Å². The molecule has 0 aliphatic rings. The van der Waals surface area contributed by atoms with Gasteiger partial charge in [-0.05, 0) is 0 Å². The molecule has 0 aromatic carbocycles. The Kier molecular flexibility index (Phi) is 5.47. The summed E-state index contributed by atoms with van der Waals surface area (Å²) in [7, 11) is 0. The van der Waals surface area contributed by atoms with Crippen molar-refractivity contribution in [3.05, 3.63) is 0 Å². The number of hydrogen-bond acceptors (Lipinski definition) is 1. The molecule has 0 saturated carbocycles. The van der Waals surface area contributed by atoms with Gasteiger partial charge in [0, 0.05) is 0 Å². The van der Waals surface area contributed by atoms with Crippen LogP contribution in [0.25, 0.3) is 0 Å². The second-order valence-electron chi connectivity index (χ2n) is 1.73. The third-order valence-electron chi connectivity index (χ3n) is 0.430. The Balaban J connectivity index is 2.63. The average molecular weight is 214 g/mol. The van der Waals surface area contributed by atoms with Crippen LogP contribution in [0.1, 0.15) is 13.8 Å². The van der Waals surface area contributed by atoms with E-state index in [1.54, 1.807) is 0 Å². The first-order valence-corrected chi connectivity index (χ1v) is 3.60. The summed E-state index contributed by atoms with van der Waals surface area (Å²) in [5, 5.41) is 0. The van der Waals surface area contributed by atoms with Crippen LogP contribution in [0.2, 0.25) is 0 Å². The first-order valence-electron chi connectivity index (χ1n) is 2.09. The molecule has 0 saturated heterocycles. The van der Waals surface area contributed by atoms with Crippen molar-refractivity contribution in [2.24, 2.45) is 5.92 Å². The monoisotopic (exact) mass is 214 g/mol. The Hall–Kier alpha value is 1.32. The van der Waals surface area contributed by atoms with Gasteiger partial charge >= 0.3 is 67.2 Å². The zero-order chi connectivity index (χ0) is 4.99. The zero-order valence-electron chi connectivity index (χ0n) is 4.27. The molecule has 0 radical (unpaired) electrons. The van der Waals surface area contributed by atoms with E-state index in [9.17, 15) is 0 Å². The Morgan fingerprint density at radius 1 is 1.67 bits per heavy atom. The summed E-state index contributed by atoms with van der Waals surface area (Å²) in [6.07, 6.45) is 0. The van der Waals surface area contributed by atoms with Crippen LogP contribution in [0.15, 0.2) is 0 Å². The molecule has 0 N–H and O–H groups in total. The van der Waals surface area contributed by atoms with Gasteiger partial charge in [0.25, 0.3) is 0 Å². The minimum atomic E-state index is 0.718. The van der Waals surface area contributed by atoms with Gasteiger partial charge < -0.3 is 0 Å². The van der Waals surface area contributed by atoms with Crippen LogP contribution in [0, 0.1) is 45.7 Å². The van der Waals surface area contributed by atoms with E-state index in [-0.39, 0.29) is 0 Å². The molecule has 0 heterocycles. The van der Waals surface area contributed by atoms with Gasteiger partial charge in [0.15, 0.2) is 0 Å². The molecule has 0 unspecified atom stereocenters. The average Bonchev–Trinajstić information content (AvgIpc) is 1.35. The van der Waals surface area contributed by atoms with E-state index in [2.05, 4.69) is 13.8 Å². The fourth-order valence-electron chi connectivity index (χ4n) is 0.192. The summed E-state index contributed by atoms with van der Waals surface area (Å²) in [5.74, 6) is 0.718. The van der Waals surface area contributed by atoms with E-state index in [4.69, 9.17) is 1.01 Å². The van der Waals surface area contributed by atoms with Crippen LogP contribution >= 0.6 is 0 Å². The second-order valence-corrected chi connectivity index (χ2v) is 2.80. The van der Waals surface area contributed by atoms with E-state index in [0.29, 0.717) is 0 Å². The van der Waals surface area contributed by atoms with E-state index >= 15 is 0 Å². The van der Waals surface area contributed by atoms with Crippen molar-refractivity contribution in [3.8, 4) is 0 Å². The van der Waals surface area contributed by atoms with Crippen molar-refractivity contribution in [3.63, 3.8) is 0 Å². The van der Waals surface area contributed by atoms with Gasteiger partial charge in [-0.15, -0.1) is 0 Å².